The number of urea groups is 2. The van der Waals surface area contributed by atoms with E-state index >= 15 is 0 Å². The number of nitrogens with zero attached hydrogens (tertiary/aromatic N) is 2. The quantitative estimate of drug-likeness (QED) is 0.0734. The normalized spacial score (nSPS) is 10.2. The Balaban J connectivity index is 1.14. The van der Waals surface area contributed by atoms with E-state index in [9.17, 15) is 39.4 Å². The van der Waals surface area contributed by atoms with Crippen LogP contribution in [0.1, 0.15) is 19.3 Å². The predicted octanol–water partition coefficient (Wildman–Crippen LogP) is 6.54. The molecule has 0 heterocycles. The van der Waals surface area contributed by atoms with Crippen LogP contribution in [0, 0.1) is 20.2 Å². The third-order valence-electron chi connectivity index (χ3n) is 6.29. The Bertz CT molecular complexity index is 1670. The van der Waals surface area contributed by atoms with E-state index < -0.39 is 21.9 Å². The molecule has 0 spiro atoms. The zero-order valence-corrected chi connectivity index (χ0v) is 24.5. The number of non-ortho nitro benzene ring substituents is 2. The number of carbonyl (C=O) groups excluding carboxylic acids is 4. The van der Waals surface area contributed by atoms with Crippen molar-refractivity contribution in [2.75, 3.05) is 31.9 Å². The first-order valence-corrected chi connectivity index (χ1v) is 14.0. The average Bonchev–Trinajstić information content (AvgIpc) is 3.03. The van der Waals surface area contributed by atoms with Gasteiger partial charge in [-0.3, -0.25) is 29.8 Å². The second kappa shape index (κ2) is 15.8. The van der Waals surface area contributed by atoms with Crippen molar-refractivity contribution in [3.63, 3.8) is 0 Å². The van der Waals surface area contributed by atoms with Gasteiger partial charge in [-0.15, -0.1) is 0 Å². The molecule has 0 saturated carbocycles. The van der Waals surface area contributed by atoms with Gasteiger partial charge in [-0.1, -0.05) is 12.1 Å². The molecule has 0 aromatic heterocycles. The highest BCUT2D eigenvalue weighted by Gasteiger charge is 2.11. The van der Waals surface area contributed by atoms with Gasteiger partial charge >= 0.3 is 12.1 Å². The maximum Gasteiger partial charge on any atom is 0.323 e. The van der Waals surface area contributed by atoms with E-state index in [4.69, 9.17) is 0 Å². The Morgan fingerprint density at radius 3 is 1.13 bits per heavy atom. The summed E-state index contributed by atoms with van der Waals surface area (Å²) in [6, 6.07) is 22.4. The number of carbonyl (C=O) groups is 4. The summed E-state index contributed by atoms with van der Waals surface area (Å²) in [6.45, 7) is 0. The van der Waals surface area contributed by atoms with Crippen molar-refractivity contribution in [1.82, 2.24) is 0 Å². The van der Waals surface area contributed by atoms with Gasteiger partial charge in [-0.25, -0.2) is 9.59 Å². The summed E-state index contributed by atoms with van der Waals surface area (Å²) >= 11 is 0. The molecule has 240 valence electrons. The lowest BCUT2D eigenvalue weighted by atomic mass is 10.2. The third kappa shape index (κ3) is 10.7. The third-order valence-corrected chi connectivity index (χ3v) is 6.29. The van der Waals surface area contributed by atoms with Gasteiger partial charge in [0.05, 0.1) is 9.85 Å². The molecule has 6 amide bonds. The summed E-state index contributed by atoms with van der Waals surface area (Å²) in [5.41, 5.74) is 2.01. The molecule has 16 nitrogen and oxygen atoms in total. The summed E-state index contributed by atoms with van der Waals surface area (Å²) in [5.74, 6) is -0.610. The fraction of sp³-hybridized carbons (Fsp3) is 0.0968. The molecule has 0 aliphatic heterocycles. The van der Waals surface area contributed by atoms with Gasteiger partial charge in [0.2, 0.25) is 11.8 Å². The van der Waals surface area contributed by atoms with E-state index in [1.54, 1.807) is 48.5 Å². The summed E-state index contributed by atoms with van der Waals surface area (Å²) in [7, 11) is 0. The summed E-state index contributed by atoms with van der Waals surface area (Å²) in [5, 5.41) is 37.4. The van der Waals surface area contributed by atoms with Gasteiger partial charge < -0.3 is 31.9 Å². The van der Waals surface area contributed by atoms with Gasteiger partial charge in [0, 0.05) is 71.2 Å². The minimum atomic E-state index is -0.601. The maximum absolute atomic E-state index is 12.3. The summed E-state index contributed by atoms with van der Waals surface area (Å²) in [4.78, 5) is 69.8. The molecule has 16 heteroatoms. The largest absolute Gasteiger partial charge is 0.326 e. The standard InChI is InChI=1S/C31H28N8O8/c40-28(32-20-10-14-22(15-11-20)34-30(42)36-24-4-1-6-26(18-24)38(44)45)8-3-9-29(41)33-21-12-16-23(17-13-21)35-31(43)37-25-5-2-7-27(19-25)39(46)47/h1-2,4-7,10-19H,3,8-9H2,(H,32,40)(H,33,41)(H2,34,36,42)(H2,35,37,43). The molecule has 47 heavy (non-hydrogen) atoms. The Kier molecular flexibility index (Phi) is 11.1. The van der Waals surface area contributed by atoms with E-state index in [1.807, 2.05) is 0 Å². The zero-order chi connectivity index (χ0) is 33.8. The number of anilines is 6. The molecule has 4 aromatic carbocycles. The molecule has 0 radical (unpaired) electrons. The van der Waals surface area contributed by atoms with Crippen LogP contribution in [0.4, 0.5) is 55.1 Å². The molecule has 0 saturated heterocycles. The van der Waals surface area contributed by atoms with Crippen molar-refractivity contribution in [2.24, 2.45) is 0 Å². The van der Waals surface area contributed by atoms with Crippen LogP contribution >= 0.6 is 0 Å². The van der Waals surface area contributed by atoms with E-state index in [0.717, 1.165) is 0 Å². The van der Waals surface area contributed by atoms with E-state index in [2.05, 4.69) is 31.9 Å². The molecule has 0 aliphatic rings. The first-order chi connectivity index (χ1) is 22.5. The zero-order valence-electron chi connectivity index (χ0n) is 24.5. The minimum Gasteiger partial charge on any atom is -0.326 e. The number of nitrogens with one attached hydrogen (secondary N) is 6. The maximum atomic E-state index is 12.3. The minimum absolute atomic E-state index is 0.0849. The lowest BCUT2D eigenvalue weighted by Gasteiger charge is -2.10. The van der Waals surface area contributed by atoms with Crippen molar-refractivity contribution in [1.29, 1.82) is 0 Å². The second-order valence-electron chi connectivity index (χ2n) is 9.88. The molecule has 4 rings (SSSR count). The fourth-order valence-corrected chi connectivity index (χ4v) is 4.11. The molecule has 0 bridgehead atoms. The number of nitro benzene ring substituents is 2. The van der Waals surface area contributed by atoms with E-state index in [0.29, 0.717) is 22.7 Å². The first-order valence-electron chi connectivity index (χ1n) is 14.0. The Morgan fingerprint density at radius 1 is 0.468 bits per heavy atom. The van der Waals surface area contributed by atoms with Crippen LogP contribution in [0.3, 0.4) is 0 Å². The molecule has 6 N–H and O–H groups in total. The highest BCUT2D eigenvalue weighted by Crippen LogP contribution is 2.20. The fourth-order valence-electron chi connectivity index (χ4n) is 4.11. The SMILES string of the molecule is O=C(CCCC(=O)Nc1ccc(NC(=O)Nc2cccc([N+](=O)[O-])c2)cc1)Nc1ccc(NC(=O)Nc2cccc([N+](=O)[O-])c2)cc1. The number of nitro groups is 2. The number of amides is 6. The van der Waals surface area contributed by atoms with Crippen LogP contribution in [0.15, 0.2) is 97.1 Å². The van der Waals surface area contributed by atoms with Crippen LogP contribution in [0.2, 0.25) is 0 Å². The number of rotatable bonds is 12. The molecular weight excluding hydrogens is 612 g/mol. The molecule has 0 fully saturated rings. The van der Waals surface area contributed by atoms with Crippen molar-refractivity contribution < 1.29 is 29.0 Å². The highest BCUT2D eigenvalue weighted by atomic mass is 16.6. The van der Waals surface area contributed by atoms with Crippen LogP contribution in [-0.4, -0.2) is 33.7 Å². The molecule has 0 unspecified atom stereocenters. The summed E-state index contributed by atoms with van der Waals surface area (Å²) in [6.07, 6.45) is 0.454. The number of hydrogen-bond donors (Lipinski definition) is 6. The Morgan fingerprint density at radius 2 is 0.787 bits per heavy atom. The van der Waals surface area contributed by atoms with Gasteiger partial charge in [0.25, 0.3) is 11.4 Å². The molecule has 0 atom stereocenters. The predicted molar refractivity (Wildman–Crippen MR) is 175 cm³/mol. The van der Waals surface area contributed by atoms with Gasteiger partial charge in [-0.2, -0.15) is 0 Å². The molecular formula is C31H28N8O8. The Hall–Kier alpha value is -6.84. The van der Waals surface area contributed by atoms with Crippen molar-refractivity contribution in [3.8, 4) is 0 Å². The lowest BCUT2D eigenvalue weighted by Crippen LogP contribution is -2.19. The smallest absolute Gasteiger partial charge is 0.323 e. The van der Waals surface area contributed by atoms with Crippen LogP contribution < -0.4 is 31.9 Å². The van der Waals surface area contributed by atoms with Gasteiger partial charge in [0.1, 0.15) is 0 Å². The lowest BCUT2D eigenvalue weighted by molar-refractivity contribution is -0.385. The highest BCUT2D eigenvalue weighted by molar-refractivity contribution is 6.01. The van der Waals surface area contributed by atoms with Crippen molar-refractivity contribution >= 4 is 69.4 Å². The van der Waals surface area contributed by atoms with Gasteiger partial charge in [0.15, 0.2) is 0 Å². The summed E-state index contributed by atoms with van der Waals surface area (Å²) < 4.78 is 0. The van der Waals surface area contributed by atoms with Crippen LogP contribution in [0.25, 0.3) is 0 Å². The van der Waals surface area contributed by atoms with Crippen LogP contribution in [-0.2, 0) is 9.59 Å². The second-order valence-corrected chi connectivity index (χ2v) is 9.88. The first kappa shape index (κ1) is 33.1. The molecule has 4 aromatic rings. The monoisotopic (exact) mass is 640 g/mol. The topological polar surface area (TPSA) is 227 Å². The van der Waals surface area contributed by atoms with Gasteiger partial charge in [-0.05, 0) is 67.1 Å². The van der Waals surface area contributed by atoms with Crippen LogP contribution in [0.5, 0.6) is 0 Å². The average molecular weight is 641 g/mol. The Labute approximate surface area is 266 Å². The number of benzene rings is 4. The molecule has 0 aliphatic carbocycles. The van der Waals surface area contributed by atoms with Crippen molar-refractivity contribution in [2.45, 2.75) is 19.3 Å². The van der Waals surface area contributed by atoms with E-state index in [1.165, 1.54) is 48.5 Å². The number of hydrogen-bond acceptors (Lipinski definition) is 8. The van der Waals surface area contributed by atoms with Crippen molar-refractivity contribution in [3.05, 3.63) is 117 Å². The van der Waals surface area contributed by atoms with E-state index in [-0.39, 0.29) is 53.8 Å².